The first-order valence-corrected chi connectivity index (χ1v) is 9.93. The molecule has 25 heavy (non-hydrogen) atoms. The fraction of sp³-hybridized carbons (Fsp3) is 0.650. The van der Waals surface area contributed by atoms with Crippen molar-refractivity contribution in [3.05, 3.63) is 34.3 Å². The lowest BCUT2D eigenvalue weighted by Gasteiger charge is -2.53. The molecule has 0 amide bonds. The van der Waals surface area contributed by atoms with Gasteiger partial charge >= 0.3 is 5.97 Å². The molecule has 2 unspecified atom stereocenters. The first-order valence-electron chi connectivity index (χ1n) is 9.14. The fourth-order valence-electron chi connectivity index (χ4n) is 4.38. The Bertz CT molecular complexity index is 604. The van der Waals surface area contributed by atoms with Gasteiger partial charge in [-0.3, -0.25) is 0 Å². The van der Waals surface area contributed by atoms with Gasteiger partial charge in [-0.2, -0.15) is 0 Å². The fourth-order valence-corrected chi connectivity index (χ4v) is 4.78. The number of hydrogen-bond donors (Lipinski definition) is 1. The van der Waals surface area contributed by atoms with Gasteiger partial charge in [0.15, 0.2) is 0 Å². The van der Waals surface area contributed by atoms with E-state index in [4.69, 9.17) is 9.47 Å². The van der Waals surface area contributed by atoms with Gasteiger partial charge in [-0.15, -0.1) is 0 Å². The summed E-state index contributed by atoms with van der Waals surface area (Å²) in [7, 11) is 0. The monoisotopic (exact) mass is 409 g/mol. The van der Waals surface area contributed by atoms with Crippen LogP contribution in [0.5, 0.6) is 0 Å². The van der Waals surface area contributed by atoms with Crippen LogP contribution in [0.15, 0.2) is 28.7 Å². The maximum absolute atomic E-state index is 12.3. The predicted octanol–water partition coefficient (Wildman–Crippen LogP) is 4.02. The molecule has 0 spiro atoms. The topological polar surface area (TPSA) is 47.6 Å². The maximum Gasteiger partial charge on any atom is 0.332 e. The van der Waals surface area contributed by atoms with Gasteiger partial charge < -0.3 is 14.8 Å². The minimum atomic E-state index is -0.493. The summed E-state index contributed by atoms with van der Waals surface area (Å²) >= 11 is 3.59. The summed E-state index contributed by atoms with van der Waals surface area (Å²) in [6.07, 6.45) is 3.46. The summed E-state index contributed by atoms with van der Waals surface area (Å²) in [6.45, 7) is 7.50. The largest absolute Gasteiger partial charge is 0.458 e. The van der Waals surface area contributed by atoms with Crippen molar-refractivity contribution in [3.8, 4) is 0 Å². The summed E-state index contributed by atoms with van der Waals surface area (Å²) in [6, 6.07) is 8.36. The number of carbonyl (C=O) groups excluding carboxylic acids is 1. The van der Waals surface area contributed by atoms with Crippen molar-refractivity contribution in [2.24, 2.45) is 11.8 Å². The summed E-state index contributed by atoms with van der Waals surface area (Å²) < 4.78 is 13.0. The smallest absolute Gasteiger partial charge is 0.332 e. The Morgan fingerprint density at radius 2 is 1.96 bits per heavy atom. The molecule has 2 fully saturated rings. The number of fused-ring (bicyclic) bond motifs is 2. The van der Waals surface area contributed by atoms with E-state index in [-0.39, 0.29) is 12.6 Å². The van der Waals surface area contributed by atoms with Gasteiger partial charge in [0, 0.05) is 29.4 Å². The van der Waals surface area contributed by atoms with Crippen molar-refractivity contribution in [1.29, 1.82) is 0 Å². The van der Waals surface area contributed by atoms with Gasteiger partial charge in [0.05, 0.1) is 0 Å². The van der Waals surface area contributed by atoms with Gasteiger partial charge in [-0.25, -0.2) is 4.79 Å². The Morgan fingerprint density at radius 1 is 1.28 bits per heavy atom. The molecule has 2 bridgehead atoms. The van der Waals surface area contributed by atoms with Crippen molar-refractivity contribution in [1.82, 2.24) is 5.32 Å². The second kappa shape index (κ2) is 7.37. The van der Waals surface area contributed by atoms with E-state index >= 15 is 0 Å². The summed E-state index contributed by atoms with van der Waals surface area (Å²) in [4.78, 5) is 12.3. The van der Waals surface area contributed by atoms with Gasteiger partial charge in [-0.05, 0) is 51.3 Å². The first-order chi connectivity index (χ1) is 11.8. The molecule has 1 aliphatic carbocycles. The number of esters is 1. The highest BCUT2D eigenvalue weighted by Gasteiger charge is 2.52. The molecule has 1 N–H and O–H groups in total. The van der Waals surface area contributed by atoms with Crippen LogP contribution in [0.2, 0.25) is 0 Å². The van der Waals surface area contributed by atoms with Gasteiger partial charge in [0.25, 0.3) is 0 Å². The number of rotatable bonds is 4. The van der Waals surface area contributed by atoms with Crippen LogP contribution in [0.25, 0.3) is 0 Å². The van der Waals surface area contributed by atoms with Crippen LogP contribution in [0.3, 0.4) is 0 Å². The summed E-state index contributed by atoms with van der Waals surface area (Å²) in [5.41, 5.74) is 0.263. The Labute approximate surface area is 158 Å². The average molecular weight is 410 g/mol. The maximum atomic E-state index is 12.3. The molecule has 1 aromatic carbocycles. The molecule has 2 atom stereocenters. The molecule has 1 saturated heterocycles. The lowest BCUT2D eigenvalue weighted by molar-refractivity contribution is -0.191. The molecular formula is C20H28BrNO3. The summed E-state index contributed by atoms with van der Waals surface area (Å²) in [5.74, 6) is 0.451. The lowest BCUT2D eigenvalue weighted by Crippen LogP contribution is -2.58. The van der Waals surface area contributed by atoms with E-state index in [0.29, 0.717) is 11.8 Å². The van der Waals surface area contributed by atoms with Crippen LogP contribution < -0.4 is 5.32 Å². The number of hydrogen-bond acceptors (Lipinski definition) is 4. The highest BCUT2D eigenvalue weighted by atomic mass is 79.9. The molecule has 0 aromatic heterocycles. The van der Waals surface area contributed by atoms with Crippen LogP contribution in [0.1, 0.15) is 45.6 Å². The van der Waals surface area contributed by atoms with E-state index in [0.717, 1.165) is 30.4 Å². The number of halogens is 1. The minimum absolute atomic E-state index is 0.00319. The van der Waals surface area contributed by atoms with E-state index in [1.807, 2.05) is 26.8 Å². The number of carbonyl (C=O) groups is 1. The molecular weight excluding hydrogens is 382 g/mol. The average Bonchev–Trinajstić information content (AvgIpc) is 2.50. The molecule has 4 nitrogen and oxygen atoms in total. The van der Waals surface area contributed by atoms with Gasteiger partial charge in [-0.1, -0.05) is 34.5 Å². The number of benzene rings is 1. The molecule has 0 radical (unpaired) electrons. The van der Waals surface area contributed by atoms with Crippen LogP contribution in [0, 0.1) is 11.8 Å². The van der Waals surface area contributed by atoms with E-state index in [2.05, 4.69) is 39.4 Å². The third-order valence-corrected chi connectivity index (χ3v) is 5.72. The predicted molar refractivity (Wildman–Crippen MR) is 101 cm³/mol. The van der Waals surface area contributed by atoms with Crippen LogP contribution in [-0.4, -0.2) is 31.3 Å². The van der Waals surface area contributed by atoms with E-state index in [1.165, 1.54) is 12.0 Å². The summed E-state index contributed by atoms with van der Waals surface area (Å²) in [5, 5.41) is 3.54. The number of nitrogens with one attached hydrogen (secondary N) is 1. The standard InChI is InChI=1S/C20H28BrNO3/c1-19(2,3)25-18(23)13-24-20(14-6-5-9-17(21)10-14)15-7-4-8-16(20)12-22-11-15/h5-6,9-10,15-16,22H,4,7-8,11-13H2,1-3H3. The Hall–Kier alpha value is -0.910. The second-order valence-electron chi connectivity index (χ2n) is 8.16. The molecule has 1 aliphatic heterocycles. The van der Waals surface area contributed by atoms with Crippen molar-refractivity contribution >= 4 is 21.9 Å². The third-order valence-electron chi connectivity index (χ3n) is 5.22. The van der Waals surface area contributed by atoms with Crippen molar-refractivity contribution < 1.29 is 14.3 Å². The highest BCUT2D eigenvalue weighted by Crippen LogP contribution is 2.50. The SMILES string of the molecule is CC(C)(C)OC(=O)COC1(c2cccc(Br)c2)C2CCCC1CNC2. The zero-order chi connectivity index (χ0) is 18.1. The van der Waals surface area contributed by atoms with E-state index < -0.39 is 11.2 Å². The normalized spacial score (nSPS) is 29.3. The van der Waals surface area contributed by atoms with Crippen LogP contribution in [-0.2, 0) is 19.9 Å². The Morgan fingerprint density at radius 3 is 2.56 bits per heavy atom. The zero-order valence-corrected chi connectivity index (χ0v) is 16.9. The minimum Gasteiger partial charge on any atom is -0.458 e. The van der Waals surface area contributed by atoms with Crippen molar-refractivity contribution in [2.75, 3.05) is 19.7 Å². The molecule has 138 valence electrons. The van der Waals surface area contributed by atoms with Crippen molar-refractivity contribution in [2.45, 2.75) is 51.2 Å². The number of ether oxygens (including phenoxy) is 2. The molecule has 2 aliphatic rings. The highest BCUT2D eigenvalue weighted by molar-refractivity contribution is 9.10. The quantitative estimate of drug-likeness (QED) is 0.762. The third kappa shape index (κ3) is 4.09. The van der Waals surface area contributed by atoms with Crippen LogP contribution >= 0.6 is 15.9 Å². The molecule has 5 heteroatoms. The second-order valence-corrected chi connectivity index (χ2v) is 9.08. The van der Waals surface area contributed by atoms with E-state index in [9.17, 15) is 4.79 Å². The van der Waals surface area contributed by atoms with Gasteiger partial charge in [0.1, 0.15) is 17.8 Å². The van der Waals surface area contributed by atoms with E-state index in [1.54, 1.807) is 0 Å². The Balaban J connectivity index is 1.89. The molecule has 1 heterocycles. The van der Waals surface area contributed by atoms with Crippen LogP contribution in [0.4, 0.5) is 0 Å². The number of piperidine rings is 1. The molecule has 3 rings (SSSR count). The molecule has 1 saturated carbocycles. The zero-order valence-electron chi connectivity index (χ0n) is 15.3. The Kier molecular flexibility index (Phi) is 5.57. The first kappa shape index (κ1) is 18.9. The lowest BCUT2D eigenvalue weighted by atomic mass is 9.63. The van der Waals surface area contributed by atoms with Crippen molar-refractivity contribution in [3.63, 3.8) is 0 Å². The molecule has 1 aromatic rings. The van der Waals surface area contributed by atoms with Gasteiger partial charge in [0.2, 0.25) is 0 Å².